The van der Waals surface area contributed by atoms with Crippen LogP contribution in [-0.4, -0.2) is 5.71 Å². The number of hydrogen-bond acceptors (Lipinski definition) is 3. The van der Waals surface area contributed by atoms with Gasteiger partial charge in [0.2, 0.25) is 0 Å². The van der Waals surface area contributed by atoms with Crippen molar-refractivity contribution < 1.29 is 0 Å². The maximum Gasteiger partial charge on any atom is 0.0942 e. The minimum absolute atomic E-state index is 0.707. The molecule has 0 fully saturated rings. The summed E-state index contributed by atoms with van der Waals surface area (Å²) in [4.78, 5) is 0. The Bertz CT molecular complexity index is 422. The van der Waals surface area contributed by atoms with Crippen LogP contribution in [0.5, 0.6) is 0 Å². The van der Waals surface area contributed by atoms with E-state index in [1.807, 2.05) is 26.0 Å². The van der Waals surface area contributed by atoms with Crippen molar-refractivity contribution >= 4 is 5.71 Å². The Morgan fingerprint density at radius 3 is 2.80 bits per heavy atom. The fourth-order valence-electron chi connectivity index (χ4n) is 1.23. The quantitative estimate of drug-likeness (QED) is 0.307. The first-order valence-corrected chi connectivity index (χ1v) is 4.73. The molecule has 0 heterocycles. The monoisotopic (exact) mass is 201 g/mol. The molecule has 0 radical (unpaired) electrons. The molecule has 0 saturated carbocycles. The summed E-state index contributed by atoms with van der Waals surface area (Å²) >= 11 is 0. The fraction of sp³-hybridized carbons (Fsp3) is 0.250. The first-order chi connectivity index (χ1) is 7.16. The van der Waals surface area contributed by atoms with Crippen LogP contribution in [0.4, 0.5) is 0 Å². The van der Waals surface area contributed by atoms with Crippen LogP contribution in [0, 0.1) is 11.8 Å². The van der Waals surface area contributed by atoms with Crippen LogP contribution in [0.25, 0.3) is 0 Å². The summed E-state index contributed by atoms with van der Waals surface area (Å²) < 4.78 is 0. The maximum absolute atomic E-state index is 5.72. The molecule has 15 heavy (non-hydrogen) atoms. The highest BCUT2D eigenvalue weighted by molar-refractivity contribution is 6.14. The summed E-state index contributed by atoms with van der Waals surface area (Å²) in [7, 11) is 0. The van der Waals surface area contributed by atoms with E-state index >= 15 is 0 Å². The third-order valence-electron chi connectivity index (χ3n) is 2.22. The molecule has 0 amide bonds. The van der Waals surface area contributed by atoms with E-state index < -0.39 is 0 Å². The van der Waals surface area contributed by atoms with Gasteiger partial charge in [-0.15, -0.1) is 0 Å². The van der Waals surface area contributed by atoms with Gasteiger partial charge in [0.15, 0.2) is 0 Å². The molecule has 0 aromatic rings. The topological polar surface area (TPSA) is 64.4 Å². The highest BCUT2D eigenvalue weighted by Gasteiger charge is 2.08. The summed E-state index contributed by atoms with van der Waals surface area (Å²) in [5.41, 5.74) is 9.01. The van der Waals surface area contributed by atoms with E-state index in [-0.39, 0.29) is 0 Å². The molecule has 0 bridgehead atoms. The molecule has 0 aliphatic heterocycles. The van der Waals surface area contributed by atoms with E-state index in [4.69, 9.17) is 11.6 Å². The second kappa shape index (κ2) is 5.06. The Morgan fingerprint density at radius 1 is 1.47 bits per heavy atom. The van der Waals surface area contributed by atoms with Gasteiger partial charge < -0.3 is 11.6 Å². The van der Waals surface area contributed by atoms with E-state index in [1.165, 1.54) is 0 Å². The van der Waals surface area contributed by atoms with Crippen LogP contribution < -0.4 is 11.6 Å². The van der Waals surface area contributed by atoms with Gasteiger partial charge in [-0.3, -0.25) is 0 Å². The van der Waals surface area contributed by atoms with E-state index in [2.05, 4.69) is 16.9 Å². The predicted molar refractivity (Wildman–Crippen MR) is 63.8 cm³/mol. The predicted octanol–water partition coefficient (Wildman–Crippen LogP) is 1.44. The van der Waals surface area contributed by atoms with Gasteiger partial charge >= 0.3 is 0 Å². The van der Waals surface area contributed by atoms with Gasteiger partial charge in [-0.2, -0.15) is 5.10 Å². The molecule has 3 nitrogen and oxygen atoms in total. The molecular weight excluding hydrogens is 186 g/mol. The number of nitrogens with zero attached hydrogens (tertiary/aromatic N) is 1. The molecule has 0 aromatic carbocycles. The number of nitrogens with two attached hydrogens (primary N) is 2. The third kappa shape index (κ3) is 2.75. The Balaban J connectivity index is 3.06. The average Bonchev–Trinajstić information content (AvgIpc) is 2.47. The number of hydrogen-bond donors (Lipinski definition) is 2. The third-order valence-corrected chi connectivity index (χ3v) is 2.22. The summed E-state index contributed by atoms with van der Waals surface area (Å²) in [5.74, 6) is 11.2. The highest BCUT2D eigenvalue weighted by Crippen LogP contribution is 2.12. The first-order valence-electron chi connectivity index (χ1n) is 4.73. The molecule has 1 aliphatic rings. The summed E-state index contributed by atoms with van der Waals surface area (Å²) in [5, 5.41) is 3.78. The molecule has 0 spiro atoms. The molecule has 4 N–H and O–H groups in total. The Labute approximate surface area is 90.2 Å². The highest BCUT2D eigenvalue weighted by atomic mass is 15.1. The van der Waals surface area contributed by atoms with Crippen molar-refractivity contribution in [2.75, 3.05) is 0 Å². The Hall–Kier alpha value is -1.95. The van der Waals surface area contributed by atoms with Crippen LogP contribution in [0.15, 0.2) is 40.2 Å². The zero-order chi connectivity index (χ0) is 11.3. The van der Waals surface area contributed by atoms with Gasteiger partial charge in [-0.1, -0.05) is 17.9 Å². The zero-order valence-corrected chi connectivity index (χ0v) is 9.04. The lowest BCUT2D eigenvalue weighted by atomic mass is 10.0. The van der Waals surface area contributed by atoms with Gasteiger partial charge in [0.1, 0.15) is 0 Å². The van der Waals surface area contributed by atoms with E-state index in [9.17, 15) is 0 Å². The largest absolute Gasteiger partial charge is 0.402 e. The molecule has 3 heteroatoms. The van der Waals surface area contributed by atoms with Crippen molar-refractivity contribution in [1.29, 1.82) is 0 Å². The molecule has 1 rings (SSSR count). The van der Waals surface area contributed by atoms with Gasteiger partial charge in [-0.05, 0) is 37.1 Å². The van der Waals surface area contributed by atoms with Crippen LogP contribution in [-0.2, 0) is 0 Å². The minimum Gasteiger partial charge on any atom is -0.402 e. The van der Waals surface area contributed by atoms with Crippen LogP contribution in [0.2, 0.25) is 0 Å². The molecule has 78 valence electrons. The molecule has 1 aliphatic carbocycles. The minimum atomic E-state index is 0.707. The normalized spacial score (nSPS) is 17.2. The second-order valence-electron chi connectivity index (χ2n) is 3.30. The van der Waals surface area contributed by atoms with Gasteiger partial charge in [-0.25, -0.2) is 0 Å². The van der Waals surface area contributed by atoms with Crippen molar-refractivity contribution in [1.82, 2.24) is 0 Å². The molecule has 0 aromatic heterocycles. The van der Waals surface area contributed by atoms with Crippen molar-refractivity contribution in [2.45, 2.75) is 20.3 Å². The van der Waals surface area contributed by atoms with Crippen LogP contribution >= 0.6 is 0 Å². The first kappa shape index (κ1) is 11.1. The van der Waals surface area contributed by atoms with Crippen molar-refractivity contribution in [3.8, 4) is 11.8 Å². The molecule has 0 saturated heterocycles. The molecular formula is C12H15N3. The Kier molecular flexibility index (Phi) is 3.75. The zero-order valence-electron chi connectivity index (χ0n) is 9.04. The second-order valence-corrected chi connectivity index (χ2v) is 3.30. The summed E-state index contributed by atoms with van der Waals surface area (Å²) in [6.45, 7) is 3.74. The summed E-state index contributed by atoms with van der Waals surface area (Å²) in [6.07, 6.45) is 6.40. The van der Waals surface area contributed by atoms with Crippen molar-refractivity contribution in [3.05, 3.63) is 35.1 Å². The van der Waals surface area contributed by atoms with Gasteiger partial charge in [0.25, 0.3) is 0 Å². The number of allylic oxidation sites excluding steroid dienone is 6. The van der Waals surface area contributed by atoms with Crippen molar-refractivity contribution in [3.63, 3.8) is 0 Å². The smallest absolute Gasteiger partial charge is 0.0942 e. The van der Waals surface area contributed by atoms with Gasteiger partial charge in [0.05, 0.1) is 5.71 Å². The van der Waals surface area contributed by atoms with E-state index in [0.29, 0.717) is 6.42 Å². The summed E-state index contributed by atoms with van der Waals surface area (Å²) in [6, 6.07) is 0. The average molecular weight is 201 g/mol. The number of rotatable bonds is 2. The lowest BCUT2D eigenvalue weighted by Crippen LogP contribution is -2.11. The maximum atomic E-state index is 5.72. The molecule has 0 unspecified atom stereocenters. The fourth-order valence-corrected chi connectivity index (χ4v) is 1.23. The molecule has 0 atom stereocenters. The lowest BCUT2D eigenvalue weighted by Gasteiger charge is -2.08. The van der Waals surface area contributed by atoms with Crippen molar-refractivity contribution in [2.24, 2.45) is 16.7 Å². The van der Waals surface area contributed by atoms with E-state index in [0.717, 1.165) is 22.6 Å². The van der Waals surface area contributed by atoms with Crippen LogP contribution in [0.1, 0.15) is 20.3 Å². The van der Waals surface area contributed by atoms with Gasteiger partial charge in [0, 0.05) is 12.1 Å². The Morgan fingerprint density at radius 2 is 2.20 bits per heavy atom. The standard InChI is InChI=1S/C12H15N3/c1-9(10(2)13)12(15-14)11-7-5-3-4-6-8-11/h5,7-8H,6,13-14H2,1-2H3. The SMILES string of the molecule is CC(N)=C(C)C(=NN)C1=CCC#CC=C1. The lowest BCUT2D eigenvalue weighted by molar-refractivity contribution is 1.20. The van der Waals surface area contributed by atoms with E-state index in [1.54, 1.807) is 6.08 Å². The number of hydrazone groups is 1. The van der Waals surface area contributed by atoms with Crippen LogP contribution in [0.3, 0.4) is 0 Å².